The van der Waals surface area contributed by atoms with Crippen molar-refractivity contribution in [1.29, 1.82) is 0 Å². The van der Waals surface area contributed by atoms with E-state index in [1.54, 1.807) is 7.11 Å². The van der Waals surface area contributed by atoms with Crippen LogP contribution >= 0.6 is 0 Å². The quantitative estimate of drug-likeness (QED) is 0.593. The van der Waals surface area contributed by atoms with E-state index >= 15 is 0 Å². The van der Waals surface area contributed by atoms with Gasteiger partial charge < -0.3 is 9.64 Å². The van der Waals surface area contributed by atoms with E-state index in [4.69, 9.17) is 4.74 Å². The van der Waals surface area contributed by atoms with E-state index in [1.807, 2.05) is 29.2 Å². The van der Waals surface area contributed by atoms with Crippen LogP contribution in [-0.4, -0.2) is 31.0 Å². The van der Waals surface area contributed by atoms with Crippen molar-refractivity contribution in [3.8, 4) is 5.75 Å². The van der Waals surface area contributed by atoms with Gasteiger partial charge in [-0.1, -0.05) is 45.6 Å². The summed E-state index contributed by atoms with van der Waals surface area (Å²) in [6.07, 6.45) is 6.87. The lowest BCUT2D eigenvalue weighted by Crippen LogP contribution is -2.33. The maximum atomic E-state index is 12.7. The number of benzene rings is 1. The maximum absolute atomic E-state index is 12.7. The van der Waals surface area contributed by atoms with Crippen molar-refractivity contribution in [2.24, 2.45) is 0 Å². The molecule has 3 nitrogen and oxygen atoms in total. The summed E-state index contributed by atoms with van der Waals surface area (Å²) in [5.74, 6) is 0.865. The number of unbranched alkanes of at least 4 members (excludes halogenated alkanes) is 4. The van der Waals surface area contributed by atoms with Crippen molar-refractivity contribution < 1.29 is 9.53 Å². The largest absolute Gasteiger partial charge is 0.497 e. The second kappa shape index (κ2) is 10.3. The average molecular weight is 291 g/mol. The molecule has 1 aromatic carbocycles. The third-order valence-corrected chi connectivity index (χ3v) is 3.67. The van der Waals surface area contributed by atoms with Gasteiger partial charge in [0.25, 0.3) is 5.91 Å². The minimum atomic E-state index is 0.126. The number of hydrogen-bond donors (Lipinski definition) is 0. The topological polar surface area (TPSA) is 29.5 Å². The van der Waals surface area contributed by atoms with E-state index < -0.39 is 0 Å². The van der Waals surface area contributed by atoms with Crippen LogP contribution in [0, 0.1) is 0 Å². The summed E-state index contributed by atoms with van der Waals surface area (Å²) in [6.45, 7) is 6.08. The fraction of sp³-hybridized carbons (Fsp3) is 0.611. The zero-order chi connectivity index (χ0) is 15.5. The molecule has 21 heavy (non-hydrogen) atoms. The van der Waals surface area contributed by atoms with Crippen LogP contribution in [-0.2, 0) is 0 Å². The molecule has 0 bridgehead atoms. The molecule has 0 fully saturated rings. The molecular weight excluding hydrogens is 262 g/mol. The molecule has 0 saturated heterocycles. The molecule has 0 N–H and O–H groups in total. The van der Waals surface area contributed by atoms with E-state index in [0.29, 0.717) is 0 Å². The Labute approximate surface area is 129 Å². The Morgan fingerprint density at radius 1 is 1.05 bits per heavy atom. The summed E-state index contributed by atoms with van der Waals surface area (Å²) < 4.78 is 5.21. The van der Waals surface area contributed by atoms with Crippen molar-refractivity contribution in [2.45, 2.75) is 52.4 Å². The molecule has 0 saturated carbocycles. The van der Waals surface area contributed by atoms with Gasteiger partial charge in [0, 0.05) is 18.7 Å². The molecular formula is C18H29NO2. The van der Waals surface area contributed by atoms with Crippen molar-refractivity contribution in [2.75, 3.05) is 20.2 Å². The van der Waals surface area contributed by atoms with Crippen molar-refractivity contribution in [3.05, 3.63) is 29.8 Å². The van der Waals surface area contributed by atoms with Gasteiger partial charge in [-0.2, -0.15) is 0 Å². The van der Waals surface area contributed by atoms with E-state index in [0.717, 1.165) is 37.2 Å². The Morgan fingerprint density at radius 2 is 1.67 bits per heavy atom. The van der Waals surface area contributed by atoms with Crippen LogP contribution in [0.2, 0.25) is 0 Å². The summed E-state index contributed by atoms with van der Waals surface area (Å²) >= 11 is 0. The van der Waals surface area contributed by atoms with Gasteiger partial charge in [-0.3, -0.25) is 4.79 Å². The van der Waals surface area contributed by atoms with Crippen LogP contribution in [0.4, 0.5) is 0 Å². The Hall–Kier alpha value is -1.51. The fourth-order valence-corrected chi connectivity index (χ4v) is 2.36. The zero-order valence-electron chi connectivity index (χ0n) is 13.7. The molecule has 118 valence electrons. The van der Waals surface area contributed by atoms with Crippen molar-refractivity contribution in [1.82, 2.24) is 4.90 Å². The lowest BCUT2D eigenvalue weighted by atomic mass is 10.1. The number of amides is 1. The highest BCUT2D eigenvalue weighted by Crippen LogP contribution is 2.15. The molecule has 1 amide bonds. The second-order valence-electron chi connectivity index (χ2n) is 5.44. The van der Waals surface area contributed by atoms with Crippen molar-refractivity contribution >= 4 is 5.91 Å². The highest BCUT2D eigenvalue weighted by atomic mass is 16.5. The third-order valence-electron chi connectivity index (χ3n) is 3.67. The van der Waals surface area contributed by atoms with E-state index in [9.17, 15) is 4.79 Å². The predicted octanol–water partition coefficient (Wildman–Crippen LogP) is 4.52. The minimum Gasteiger partial charge on any atom is -0.497 e. The Balaban J connectivity index is 2.71. The van der Waals surface area contributed by atoms with Gasteiger partial charge in [0.15, 0.2) is 0 Å². The van der Waals surface area contributed by atoms with Gasteiger partial charge in [-0.05, 0) is 31.0 Å². The Morgan fingerprint density at radius 3 is 2.19 bits per heavy atom. The van der Waals surface area contributed by atoms with E-state index in [2.05, 4.69) is 13.8 Å². The molecule has 0 aromatic heterocycles. The fourth-order valence-electron chi connectivity index (χ4n) is 2.36. The van der Waals surface area contributed by atoms with Crippen LogP contribution < -0.4 is 4.74 Å². The van der Waals surface area contributed by atoms with E-state index in [-0.39, 0.29) is 5.91 Å². The number of hydrogen-bond acceptors (Lipinski definition) is 2. The smallest absolute Gasteiger partial charge is 0.253 e. The van der Waals surface area contributed by atoms with Crippen LogP contribution in [0.1, 0.15) is 62.7 Å². The second-order valence-corrected chi connectivity index (χ2v) is 5.44. The highest BCUT2D eigenvalue weighted by molar-refractivity contribution is 5.94. The van der Waals surface area contributed by atoms with Crippen LogP contribution in [0.3, 0.4) is 0 Å². The standard InChI is InChI=1S/C18H29NO2/c1-4-6-8-13-19(14-9-7-5-2)18(20)16-11-10-12-17(15-16)21-3/h10-12,15H,4-9,13-14H2,1-3H3. The van der Waals surface area contributed by atoms with Crippen LogP contribution in [0.25, 0.3) is 0 Å². The molecule has 0 aliphatic heterocycles. The molecule has 0 spiro atoms. The SMILES string of the molecule is CCCCCN(CCCCC)C(=O)c1cccc(OC)c1. The summed E-state index contributed by atoms with van der Waals surface area (Å²) in [6, 6.07) is 7.45. The Kier molecular flexibility index (Phi) is 8.56. The first-order valence-electron chi connectivity index (χ1n) is 8.16. The lowest BCUT2D eigenvalue weighted by molar-refractivity contribution is 0.0749. The third kappa shape index (κ3) is 6.19. The van der Waals surface area contributed by atoms with Gasteiger partial charge in [0.1, 0.15) is 5.75 Å². The first-order chi connectivity index (χ1) is 10.2. The molecule has 1 aromatic rings. The molecule has 0 atom stereocenters. The molecule has 1 rings (SSSR count). The lowest BCUT2D eigenvalue weighted by Gasteiger charge is -2.23. The van der Waals surface area contributed by atoms with Crippen LogP contribution in [0.5, 0.6) is 5.75 Å². The van der Waals surface area contributed by atoms with Gasteiger partial charge in [0.05, 0.1) is 7.11 Å². The number of carbonyl (C=O) groups is 1. The number of nitrogens with zero attached hydrogens (tertiary/aromatic N) is 1. The maximum Gasteiger partial charge on any atom is 0.253 e. The number of carbonyl (C=O) groups excluding carboxylic acids is 1. The molecule has 0 radical (unpaired) electrons. The van der Waals surface area contributed by atoms with Gasteiger partial charge >= 0.3 is 0 Å². The number of rotatable bonds is 10. The highest BCUT2D eigenvalue weighted by Gasteiger charge is 2.15. The minimum absolute atomic E-state index is 0.126. The zero-order valence-corrected chi connectivity index (χ0v) is 13.7. The molecule has 0 aliphatic carbocycles. The number of ether oxygens (including phenoxy) is 1. The predicted molar refractivity (Wildman–Crippen MR) is 87.9 cm³/mol. The Bertz CT molecular complexity index is 407. The normalized spacial score (nSPS) is 10.4. The molecule has 3 heteroatoms. The first-order valence-corrected chi connectivity index (χ1v) is 8.16. The molecule has 0 aliphatic rings. The summed E-state index contributed by atoms with van der Waals surface area (Å²) in [4.78, 5) is 14.7. The summed E-state index contributed by atoms with van der Waals surface area (Å²) in [5.41, 5.74) is 0.724. The number of methoxy groups -OCH3 is 1. The summed E-state index contributed by atoms with van der Waals surface area (Å²) in [7, 11) is 1.63. The van der Waals surface area contributed by atoms with Crippen molar-refractivity contribution in [3.63, 3.8) is 0 Å². The van der Waals surface area contributed by atoms with Gasteiger partial charge in [0.2, 0.25) is 0 Å². The van der Waals surface area contributed by atoms with Crippen LogP contribution in [0.15, 0.2) is 24.3 Å². The summed E-state index contributed by atoms with van der Waals surface area (Å²) in [5, 5.41) is 0. The van der Waals surface area contributed by atoms with Gasteiger partial charge in [-0.25, -0.2) is 0 Å². The monoisotopic (exact) mass is 291 g/mol. The van der Waals surface area contributed by atoms with E-state index in [1.165, 1.54) is 25.7 Å². The molecule has 0 heterocycles. The molecule has 0 unspecified atom stereocenters. The average Bonchev–Trinajstić information content (AvgIpc) is 2.53. The van der Waals surface area contributed by atoms with Gasteiger partial charge in [-0.15, -0.1) is 0 Å². The first kappa shape index (κ1) is 17.5.